The molecular weight excluding hydrogens is 321 g/mol. The normalized spacial score (nSPS) is 10.3. The van der Waals surface area contributed by atoms with Crippen LogP contribution in [0.4, 0.5) is 15.8 Å². The highest BCUT2D eigenvalue weighted by Gasteiger charge is 2.16. The molecule has 2 aromatic rings. The molecule has 0 atom stereocenters. The molecule has 0 aromatic heterocycles. The van der Waals surface area contributed by atoms with Crippen molar-refractivity contribution >= 4 is 34.8 Å². The number of hydrogen-bond donors (Lipinski definition) is 3. The molecular formula is C16H15ClFN3O2. The monoisotopic (exact) mass is 335 g/mol. The largest absolute Gasteiger partial charge is 0.325 e. The fourth-order valence-electron chi connectivity index (χ4n) is 1.94. The van der Waals surface area contributed by atoms with Crippen LogP contribution in [0.2, 0.25) is 5.02 Å². The van der Waals surface area contributed by atoms with Crippen molar-refractivity contribution in [1.29, 1.82) is 0 Å². The Bertz CT molecular complexity index is 745. The Morgan fingerprint density at radius 1 is 1.22 bits per heavy atom. The van der Waals surface area contributed by atoms with E-state index < -0.39 is 11.7 Å². The lowest BCUT2D eigenvalue weighted by Gasteiger charge is -2.12. The molecule has 5 nitrogen and oxygen atoms in total. The molecule has 0 spiro atoms. The van der Waals surface area contributed by atoms with Crippen LogP contribution in [0.1, 0.15) is 15.9 Å². The summed E-state index contributed by atoms with van der Waals surface area (Å²) in [5, 5.41) is 5.19. The van der Waals surface area contributed by atoms with Gasteiger partial charge in [0.05, 0.1) is 17.1 Å². The van der Waals surface area contributed by atoms with Gasteiger partial charge in [0.2, 0.25) is 5.91 Å². The maximum Gasteiger partial charge on any atom is 0.260 e. The highest BCUT2D eigenvalue weighted by Crippen LogP contribution is 2.23. The molecule has 2 aromatic carbocycles. The second kappa shape index (κ2) is 7.21. The van der Waals surface area contributed by atoms with Gasteiger partial charge in [-0.3, -0.25) is 9.59 Å². The quantitative estimate of drug-likeness (QED) is 0.803. The van der Waals surface area contributed by atoms with Gasteiger partial charge in [0.25, 0.3) is 5.91 Å². The average Bonchev–Trinajstić information content (AvgIpc) is 2.50. The third-order valence-corrected chi connectivity index (χ3v) is 3.46. The van der Waals surface area contributed by atoms with Gasteiger partial charge in [-0.05, 0) is 36.8 Å². The summed E-state index contributed by atoms with van der Waals surface area (Å²) in [7, 11) is 0. The number of carbonyl (C=O) groups is 2. The van der Waals surface area contributed by atoms with E-state index in [4.69, 9.17) is 17.3 Å². The third-order valence-electron chi connectivity index (χ3n) is 3.14. The van der Waals surface area contributed by atoms with Crippen LogP contribution in [-0.2, 0) is 4.79 Å². The van der Waals surface area contributed by atoms with Crippen molar-refractivity contribution in [3.63, 3.8) is 0 Å². The lowest BCUT2D eigenvalue weighted by Crippen LogP contribution is -2.22. The topological polar surface area (TPSA) is 84.2 Å². The first-order chi connectivity index (χ1) is 10.9. The molecule has 0 fully saturated rings. The number of nitrogens with one attached hydrogen (secondary N) is 2. The Morgan fingerprint density at radius 2 is 1.96 bits per heavy atom. The zero-order valence-electron chi connectivity index (χ0n) is 12.3. The predicted octanol–water partition coefficient (Wildman–Crippen LogP) is 2.94. The maximum absolute atomic E-state index is 13.7. The number of aryl methyl sites for hydroxylation is 1. The SMILES string of the molecule is Cc1ccc(NC(=O)c2c(F)cccc2Cl)cc1NC(=O)CN. The minimum atomic E-state index is -0.709. The number of carbonyl (C=O) groups excluding carboxylic acids is 2. The predicted molar refractivity (Wildman–Crippen MR) is 88.2 cm³/mol. The van der Waals surface area contributed by atoms with Crippen LogP contribution in [0.25, 0.3) is 0 Å². The smallest absolute Gasteiger partial charge is 0.260 e. The van der Waals surface area contributed by atoms with E-state index in [9.17, 15) is 14.0 Å². The molecule has 0 heterocycles. The number of anilines is 2. The molecule has 2 rings (SSSR count). The van der Waals surface area contributed by atoms with Crippen molar-refractivity contribution in [3.8, 4) is 0 Å². The Morgan fingerprint density at radius 3 is 2.61 bits per heavy atom. The fourth-order valence-corrected chi connectivity index (χ4v) is 2.19. The van der Waals surface area contributed by atoms with Gasteiger partial charge in [-0.2, -0.15) is 0 Å². The average molecular weight is 336 g/mol. The van der Waals surface area contributed by atoms with Crippen LogP contribution < -0.4 is 16.4 Å². The number of halogens is 2. The molecule has 0 bridgehead atoms. The first-order valence-electron chi connectivity index (χ1n) is 6.78. The molecule has 0 aliphatic carbocycles. The van der Waals surface area contributed by atoms with Crippen LogP contribution >= 0.6 is 11.6 Å². The van der Waals surface area contributed by atoms with Gasteiger partial charge in [-0.25, -0.2) is 4.39 Å². The van der Waals surface area contributed by atoms with E-state index >= 15 is 0 Å². The standard InChI is InChI=1S/C16H15ClFN3O2/c1-9-5-6-10(7-13(9)21-14(22)8-19)20-16(23)15-11(17)3-2-4-12(15)18/h2-7H,8,19H2,1H3,(H,20,23)(H,21,22). The number of benzene rings is 2. The molecule has 4 N–H and O–H groups in total. The summed E-state index contributed by atoms with van der Waals surface area (Å²) in [5.41, 5.74) is 6.73. The molecule has 2 amide bonds. The number of rotatable bonds is 4. The third kappa shape index (κ3) is 4.06. The zero-order chi connectivity index (χ0) is 17.0. The number of amides is 2. The van der Waals surface area contributed by atoms with Crippen molar-refractivity contribution in [2.75, 3.05) is 17.2 Å². The lowest BCUT2D eigenvalue weighted by molar-refractivity contribution is -0.114. The van der Waals surface area contributed by atoms with E-state index in [1.165, 1.54) is 12.1 Å². The Kier molecular flexibility index (Phi) is 5.31. The van der Waals surface area contributed by atoms with Gasteiger partial charge < -0.3 is 16.4 Å². The van der Waals surface area contributed by atoms with Crippen molar-refractivity contribution in [1.82, 2.24) is 0 Å². The molecule has 7 heteroatoms. The summed E-state index contributed by atoms with van der Waals surface area (Å²) in [4.78, 5) is 23.6. The van der Waals surface area contributed by atoms with E-state index in [-0.39, 0.29) is 23.0 Å². The van der Waals surface area contributed by atoms with E-state index in [1.54, 1.807) is 25.1 Å². The highest BCUT2D eigenvalue weighted by atomic mass is 35.5. The van der Waals surface area contributed by atoms with Gasteiger partial charge in [0, 0.05) is 11.4 Å². The van der Waals surface area contributed by atoms with Gasteiger partial charge in [-0.15, -0.1) is 0 Å². The van der Waals surface area contributed by atoms with E-state index in [0.29, 0.717) is 11.4 Å². The summed E-state index contributed by atoms with van der Waals surface area (Å²) >= 11 is 5.86. The second-order valence-corrected chi connectivity index (χ2v) is 5.24. The minimum Gasteiger partial charge on any atom is -0.325 e. The molecule has 0 saturated carbocycles. The maximum atomic E-state index is 13.7. The molecule has 120 valence electrons. The molecule has 0 unspecified atom stereocenters. The van der Waals surface area contributed by atoms with Gasteiger partial charge in [0.15, 0.2) is 0 Å². The number of hydrogen-bond acceptors (Lipinski definition) is 3. The van der Waals surface area contributed by atoms with E-state index in [0.717, 1.165) is 11.6 Å². The molecule has 23 heavy (non-hydrogen) atoms. The van der Waals surface area contributed by atoms with Crippen molar-refractivity contribution in [2.24, 2.45) is 5.73 Å². The van der Waals surface area contributed by atoms with Gasteiger partial charge >= 0.3 is 0 Å². The summed E-state index contributed by atoms with van der Waals surface area (Å²) in [6, 6.07) is 8.92. The summed E-state index contributed by atoms with van der Waals surface area (Å²) in [6.07, 6.45) is 0. The highest BCUT2D eigenvalue weighted by molar-refractivity contribution is 6.34. The Hall–Kier alpha value is -2.44. The van der Waals surface area contributed by atoms with Crippen LogP contribution in [0.5, 0.6) is 0 Å². The van der Waals surface area contributed by atoms with Gasteiger partial charge in [0.1, 0.15) is 5.82 Å². The molecule has 0 radical (unpaired) electrons. The minimum absolute atomic E-state index is 0.0197. The van der Waals surface area contributed by atoms with Crippen LogP contribution in [0.15, 0.2) is 36.4 Å². The van der Waals surface area contributed by atoms with E-state index in [1.807, 2.05) is 0 Å². The summed E-state index contributed by atoms with van der Waals surface area (Å²) < 4.78 is 13.7. The van der Waals surface area contributed by atoms with Crippen LogP contribution in [0, 0.1) is 12.7 Å². The first kappa shape index (κ1) is 16.9. The Balaban J connectivity index is 2.25. The van der Waals surface area contributed by atoms with Crippen molar-refractivity contribution in [2.45, 2.75) is 6.92 Å². The van der Waals surface area contributed by atoms with E-state index in [2.05, 4.69) is 10.6 Å². The number of nitrogens with two attached hydrogens (primary N) is 1. The molecule has 0 aliphatic rings. The lowest BCUT2D eigenvalue weighted by atomic mass is 10.1. The summed E-state index contributed by atoms with van der Waals surface area (Å²) in [6.45, 7) is 1.65. The molecule has 0 saturated heterocycles. The first-order valence-corrected chi connectivity index (χ1v) is 7.16. The summed E-state index contributed by atoms with van der Waals surface area (Å²) in [5.74, 6) is -1.74. The molecule has 0 aliphatic heterocycles. The second-order valence-electron chi connectivity index (χ2n) is 4.83. The van der Waals surface area contributed by atoms with Crippen molar-refractivity contribution < 1.29 is 14.0 Å². The van der Waals surface area contributed by atoms with Crippen LogP contribution in [-0.4, -0.2) is 18.4 Å². The zero-order valence-corrected chi connectivity index (χ0v) is 13.1. The van der Waals surface area contributed by atoms with Crippen molar-refractivity contribution in [3.05, 3.63) is 58.4 Å². The van der Waals surface area contributed by atoms with Crippen LogP contribution in [0.3, 0.4) is 0 Å². The van der Waals surface area contributed by atoms with Gasteiger partial charge in [-0.1, -0.05) is 23.7 Å². The fraction of sp³-hybridized carbons (Fsp3) is 0.125. The Labute approximate surface area is 137 Å².